The first-order valence-electron chi connectivity index (χ1n) is 2.93. The normalized spacial score (nSPS) is 45.0. The fourth-order valence-electron chi connectivity index (χ4n) is 0.832. The van der Waals surface area contributed by atoms with E-state index in [1.54, 1.807) is 0 Å². The SMILES string of the molecule is N[C@H]1C[C@@H](O)CO[C@H]1O. The average molecular weight is 133 g/mol. The average Bonchev–Trinajstić information content (AvgIpc) is 1.80. The summed E-state index contributed by atoms with van der Waals surface area (Å²) in [4.78, 5) is 0. The van der Waals surface area contributed by atoms with Crippen molar-refractivity contribution in [1.29, 1.82) is 0 Å². The summed E-state index contributed by atoms with van der Waals surface area (Å²) < 4.78 is 4.68. The second-order valence-corrected chi connectivity index (χ2v) is 2.28. The smallest absolute Gasteiger partial charge is 0.169 e. The fraction of sp³-hybridized carbons (Fsp3) is 1.00. The molecule has 0 aromatic rings. The molecule has 0 aromatic carbocycles. The van der Waals surface area contributed by atoms with Crippen LogP contribution in [0.25, 0.3) is 0 Å². The number of rotatable bonds is 0. The number of hydrogen-bond acceptors (Lipinski definition) is 4. The van der Waals surface area contributed by atoms with E-state index in [1.807, 2.05) is 0 Å². The topological polar surface area (TPSA) is 75.7 Å². The van der Waals surface area contributed by atoms with E-state index in [9.17, 15) is 0 Å². The van der Waals surface area contributed by atoms with Crippen molar-refractivity contribution in [3.05, 3.63) is 0 Å². The van der Waals surface area contributed by atoms with Crippen LogP contribution >= 0.6 is 0 Å². The first-order chi connectivity index (χ1) is 4.20. The van der Waals surface area contributed by atoms with Crippen LogP contribution in [0.5, 0.6) is 0 Å². The lowest BCUT2D eigenvalue weighted by Crippen LogP contribution is -2.46. The van der Waals surface area contributed by atoms with E-state index in [2.05, 4.69) is 4.74 Å². The van der Waals surface area contributed by atoms with Gasteiger partial charge in [0.05, 0.1) is 18.8 Å². The second-order valence-electron chi connectivity index (χ2n) is 2.28. The Kier molecular flexibility index (Phi) is 2.02. The molecule has 54 valence electrons. The van der Waals surface area contributed by atoms with Crippen LogP contribution in [0.3, 0.4) is 0 Å². The van der Waals surface area contributed by atoms with Gasteiger partial charge in [-0.15, -0.1) is 0 Å². The molecule has 4 N–H and O–H groups in total. The summed E-state index contributed by atoms with van der Waals surface area (Å²) in [5.74, 6) is 0. The molecule has 3 atom stereocenters. The van der Waals surface area contributed by atoms with Crippen LogP contribution in [0.1, 0.15) is 6.42 Å². The summed E-state index contributed by atoms with van der Waals surface area (Å²) in [6.45, 7) is 0.189. The van der Waals surface area contributed by atoms with Crippen molar-refractivity contribution >= 4 is 0 Å². The summed E-state index contributed by atoms with van der Waals surface area (Å²) >= 11 is 0. The molecule has 0 aliphatic carbocycles. The van der Waals surface area contributed by atoms with Crippen molar-refractivity contribution in [2.24, 2.45) is 5.73 Å². The van der Waals surface area contributed by atoms with E-state index < -0.39 is 18.4 Å². The van der Waals surface area contributed by atoms with Crippen LogP contribution in [0.4, 0.5) is 0 Å². The van der Waals surface area contributed by atoms with Gasteiger partial charge in [-0.1, -0.05) is 0 Å². The molecule has 0 bridgehead atoms. The second kappa shape index (κ2) is 2.62. The number of ether oxygens (including phenoxy) is 1. The van der Waals surface area contributed by atoms with Crippen molar-refractivity contribution in [2.45, 2.75) is 24.9 Å². The lowest BCUT2D eigenvalue weighted by Gasteiger charge is -2.27. The Balaban J connectivity index is 2.35. The van der Waals surface area contributed by atoms with Gasteiger partial charge in [-0.05, 0) is 6.42 Å². The molecule has 4 nitrogen and oxygen atoms in total. The number of aliphatic hydroxyl groups is 2. The van der Waals surface area contributed by atoms with E-state index in [1.165, 1.54) is 0 Å². The third kappa shape index (κ3) is 1.62. The lowest BCUT2D eigenvalue weighted by molar-refractivity contribution is -0.166. The predicted molar refractivity (Wildman–Crippen MR) is 30.6 cm³/mol. The highest BCUT2D eigenvalue weighted by Gasteiger charge is 2.25. The maximum absolute atomic E-state index is 8.88. The number of nitrogens with two attached hydrogens (primary N) is 1. The molecule has 9 heavy (non-hydrogen) atoms. The van der Waals surface area contributed by atoms with Gasteiger partial charge >= 0.3 is 0 Å². The van der Waals surface area contributed by atoms with E-state index in [-0.39, 0.29) is 6.61 Å². The van der Waals surface area contributed by atoms with Crippen LogP contribution in [0.15, 0.2) is 0 Å². The van der Waals surface area contributed by atoms with E-state index in [4.69, 9.17) is 15.9 Å². The number of hydrogen-bond donors (Lipinski definition) is 3. The molecular weight excluding hydrogens is 122 g/mol. The highest BCUT2D eigenvalue weighted by molar-refractivity contribution is 4.74. The zero-order chi connectivity index (χ0) is 6.85. The number of aliphatic hydroxyl groups excluding tert-OH is 2. The minimum Gasteiger partial charge on any atom is -0.391 e. The summed E-state index contributed by atoms with van der Waals surface area (Å²) in [6, 6.07) is -0.436. The van der Waals surface area contributed by atoms with Crippen molar-refractivity contribution in [3.63, 3.8) is 0 Å². The molecule has 0 spiro atoms. The van der Waals surface area contributed by atoms with Crippen LogP contribution in [-0.4, -0.2) is 35.3 Å². The van der Waals surface area contributed by atoms with E-state index in [0.29, 0.717) is 6.42 Å². The van der Waals surface area contributed by atoms with Crippen molar-refractivity contribution in [2.75, 3.05) is 6.61 Å². The Morgan fingerprint density at radius 2 is 2.11 bits per heavy atom. The lowest BCUT2D eigenvalue weighted by atomic mass is 10.1. The Morgan fingerprint density at radius 3 is 2.56 bits per heavy atom. The summed E-state index contributed by atoms with van der Waals surface area (Å²) in [5, 5.41) is 17.7. The Labute approximate surface area is 53.2 Å². The van der Waals surface area contributed by atoms with Gasteiger partial charge in [0.1, 0.15) is 0 Å². The van der Waals surface area contributed by atoms with Gasteiger partial charge in [0, 0.05) is 0 Å². The molecule has 4 heteroatoms. The standard InChI is InChI=1S/C5H11NO3/c6-4-1-3(7)2-9-5(4)8/h3-5,7-8H,1-2,6H2/t3-,4+,5-/m1/s1. The quantitative estimate of drug-likeness (QED) is 0.372. The van der Waals surface area contributed by atoms with Crippen molar-refractivity contribution in [3.8, 4) is 0 Å². The molecule has 0 saturated carbocycles. The minimum atomic E-state index is -0.895. The predicted octanol–water partition coefficient (Wildman–Crippen LogP) is -1.59. The zero-order valence-corrected chi connectivity index (χ0v) is 5.03. The van der Waals surface area contributed by atoms with E-state index in [0.717, 1.165) is 0 Å². The van der Waals surface area contributed by atoms with Gasteiger partial charge in [0.2, 0.25) is 0 Å². The van der Waals surface area contributed by atoms with Crippen LogP contribution < -0.4 is 5.73 Å². The minimum absolute atomic E-state index is 0.189. The maximum Gasteiger partial charge on any atom is 0.169 e. The van der Waals surface area contributed by atoms with Crippen molar-refractivity contribution in [1.82, 2.24) is 0 Å². The van der Waals surface area contributed by atoms with Crippen LogP contribution in [-0.2, 0) is 4.74 Å². The molecule has 0 amide bonds. The Bertz CT molecular complexity index is 98.2. The molecule has 1 fully saturated rings. The van der Waals surface area contributed by atoms with Gasteiger partial charge in [0.25, 0.3) is 0 Å². The summed E-state index contributed by atoms with van der Waals surface area (Å²) in [5.41, 5.74) is 5.33. The molecule has 1 aliphatic rings. The molecule has 1 saturated heterocycles. The van der Waals surface area contributed by atoms with Gasteiger partial charge in [-0.25, -0.2) is 0 Å². The zero-order valence-electron chi connectivity index (χ0n) is 5.03. The molecular formula is C5H11NO3. The first kappa shape index (κ1) is 6.95. The molecule has 0 radical (unpaired) electrons. The highest BCUT2D eigenvalue weighted by Crippen LogP contribution is 2.09. The highest BCUT2D eigenvalue weighted by atomic mass is 16.6. The molecule has 0 aromatic heterocycles. The van der Waals surface area contributed by atoms with Gasteiger partial charge in [0.15, 0.2) is 6.29 Å². The monoisotopic (exact) mass is 133 g/mol. The maximum atomic E-state index is 8.88. The van der Waals surface area contributed by atoms with Gasteiger partial charge in [-0.3, -0.25) is 0 Å². The molecule has 1 heterocycles. The summed E-state index contributed by atoms with van der Waals surface area (Å²) in [6.07, 6.45) is -0.988. The van der Waals surface area contributed by atoms with Crippen molar-refractivity contribution < 1.29 is 14.9 Å². The Hall–Kier alpha value is -0.160. The van der Waals surface area contributed by atoms with Crippen LogP contribution in [0, 0.1) is 0 Å². The van der Waals surface area contributed by atoms with E-state index >= 15 is 0 Å². The molecule has 1 aliphatic heterocycles. The third-order valence-electron chi connectivity index (χ3n) is 1.37. The molecule has 1 rings (SSSR count). The first-order valence-corrected chi connectivity index (χ1v) is 2.93. The Morgan fingerprint density at radius 1 is 1.44 bits per heavy atom. The van der Waals surface area contributed by atoms with Crippen LogP contribution in [0.2, 0.25) is 0 Å². The summed E-state index contributed by atoms with van der Waals surface area (Å²) in [7, 11) is 0. The third-order valence-corrected chi connectivity index (χ3v) is 1.37. The van der Waals surface area contributed by atoms with Gasteiger partial charge < -0.3 is 20.7 Å². The largest absolute Gasteiger partial charge is 0.391 e. The fourth-order valence-corrected chi connectivity index (χ4v) is 0.832. The molecule has 0 unspecified atom stereocenters. The van der Waals surface area contributed by atoms with Gasteiger partial charge in [-0.2, -0.15) is 0 Å².